The van der Waals surface area contributed by atoms with Crippen molar-refractivity contribution in [2.45, 2.75) is 327 Å². The van der Waals surface area contributed by atoms with E-state index in [2.05, 4.69) is 386 Å². The van der Waals surface area contributed by atoms with E-state index in [9.17, 15) is 0 Å². The molecule has 0 amide bonds. The third-order valence-corrected chi connectivity index (χ3v) is 25.8. The molecule has 0 atom stereocenters. The Morgan fingerprint density at radius 2 is 0.399 bits per heavy atom. The second kappa shape index (κ2) is 67.6. The zero-order chi connectivity index (χ0) is 109. The Hall–Kier alpha value is -13.3. The predicted octanol–water partition coefficient (Wildman–Crippen LogP) is 44.3. The van der Waals surface area contributed by atoms with Gasteiger partial charge in [-0.3, -0.25) is 0 Å². The van der Waals surface area contributed by atoms with Crippen molar-refractivity contribution in [1.29, 1.82) is 0 Å². The van der Waals surface area contributed by atoms with Gasteiger partial charge in [0, 0.05) is 108 Å². The molecule has 0 spiro atoms. The van der Waals surface area contributed by atoms with E-state index in [1.165, 1.54) is 221 Å². The van der Waals surface area contributed by atoms with Gasteiger partial charge in [0.1, 0.15) is 0 Å². The molecule has 24 rings (SSSR count). The van der Waals surface area contributed by atoms with Crippen LogP contribution in [0.15, 0.2) is 340 Å². The van der Waals surface area contributed by atoms with Crippen LogP contribution >= 0.6 is 0 Å². The van der Waals surface area contributed by atoms with Gasteiger partial charge in [0.05, 0.1) is 5.52 Å². The van der Waals surface area contributed by atoms with Gasteiger partial charge in [-0.2, -0.15) is 0 Å². The molecule has 4 aliphatic rings. The number of aromatic nitrogens is 4. The van der Waals surface area contributed by atoms with E-state index in [1.807, 2.05) is 222 Å². The molecule has 4 heteroatoms. The highest BCUT2D eigenvalue weighted by atomic mass is 15.0. The molecule has 0 saturated carbocycles. The Labute approximate surface area is 899 Å². The first-order valence-corrected chi connectivity index (χ1v) is 58.1. The summed E-state index contributed by atoms with van der Waals surface area (Å²) in [5.74, 6) is 0. The molecule has 4 aromatic heterocycles. The predicted molar refractivity (Wildman–Crippen MR) is 672 cm³/mol. The minimum Gasteiger partial charge on any atom is -0.336 e. The highest BCUT2D eigenvalue weighted by Gasteiger charge is 2.25. The first-order chi connectivity index (χ1) is 73.3. The summed E-state index contributed by atoms with van der Waals surface area (Å²) in [7, 11) is 0. The largest absolute Gasteiger partial charge is 0.336 e. The van der Waals surface area contributed by atoms with E-state index in [0.717, 1.165) is 77.5 Å². The monoisotopic (exact) mass is 1970 g/mol. The van der Waals surface area contributed by atoms with Gasteiger partial charge >= 0.3 is 0 Å². The van der Waals surface area contributed by atoms with Gasteiger partial charge < -0.3 is 18.3 Å². The van der Waals surface area contributed by atoms with Crippen LogP contribution in [0, 0.1) is 0 Å². The highest BCUT2D eigenvalue weighted by molar-refractivity contribution is 6.12. The lowest BCUT2D eigenvalue weighted by Gasteiger charge is -2.12. The van der Waals surface area contributed by atoms with Crippen LogP contribution in [-0.4, -0.2) is 18.3 Å². The number of nitrogens with zero attached hydrogens (tertiary/aromatic N) is 4. The molecule has 4 nitrogen and oxygen atoms in total. The molecule has 16 aromatic carbocycles. The smallest absolute Gasteiger partial charge is 0.0526 e. The Morgan fingerprint density at radius 3 is 0.770 bits per heavy atom. The summed E-state index contributed by atoms with van der Waals surface area (Å²) in [6, 6.07) is 126. The van der Waals surface area contributed by atoms with Gasteiger partial charge in [-0.05, 0) is 233 Å². The number of aryl methyl sites for hydroxylation is 4. The van der Waals surface area contributed by atoms with E-state index in [1.54, 1.807) is 0 Å². The first kappa shape index (κ1) is 125. The number of benzene rings is 16. The first-order valence-electron chi connectivity index (χ1n) is 58.1. The van der Waals surface area contributed by atoms with Crippen molar-refractivity contribution in [2.24, 2.45) is 0 Å². The SMILES string of the molecule is CC.CC.CC.CC.CC.CC.CC.CC.CC.CC.CC.CC.CC.CC.CC.CC.CCc1ccc2c(c1)c1ccccc1n2Cc1ccc2c(c1)Cc1ccccc1-2.CCc1ccc2c3ccccc3n(Cc3ccc4c(c3)Cc3ccccc3-4)c2c1.CCc1cccc2c1c1ccccc1n2Cc1ccc2c(c1)Cc1ccccc1-2.CCc1cccc2c3ccccc3n(Cc3ccc4c(c3)Cc3ccccc3-4)c12. The molecule has 0 fully saturated rings. The summed E-state index contributed by atoms with van der Waals surface area (Å²) in [5.41, 5.74) is 44.7. The topological polar surface area (TPSA) is 19.7 Å². The van der Waals surface area contributed by atoms with E-state index < -0.39 is 0 Å². The van der Waals surface area contributed by atoms with Crippen molar-refractivity contribution in [1.82, 2.24) is 18.3 Å². The number of para-hydroxylation sites is 5. The molecule has 148 heavy (non-hydrogen) atoms. The Bertz CT molecular complexity index is 7160. The van der Waals surface area contributed by atoms with Gasteiger partial charge in [0.25, 0.3) is 0 Å². The summed E-state index contributed by atoms with van der Waals surface area (Å²) in [5, 5.41) is 10.9. The van der Waals surface area contributed by atoms with Gasteiger partial charge in [-0.15, -0.1) is 0 Å². The fraction of sp³-hybridized carbons (Fsp3) is 0.333. The van der Waals surface area contributed by atoms with Gasteiger partial charge in [-0.1, -0.05) is 540 Å². The molecule has 20 aromatic rings. The van der Waals surface area contributed by atoms with Crippen molar-refractivity contribution < 1.29 is 0 Å². The molecule has 0 aliphatic heterocycles. The van der Waals surface area contributed by atoms with Crippen LogP contribution in [-0.2, 0) is 77.5 Å². The summed E-state index contributed by atoms with van der Waals surface area (Å²) in [6.45, 7) is 76.6. The Kier molecular flexibility index (Phi) is 57.1. The molecule has 0 N–H and O–H groups in total. The maximum absolute atomic E-state index is 2.52. The van der Waals surface area contributed by atoms with Crippen molar-refractivity contribution >= 4 is 87.2 Å². The van der Waals surface area contributed by atoms with Crippen molar-refractivity contribution in [3.05, 3.63) is 429 Å². The number of fused-ring (bicyclic) bond motifs is 24. The van der Waals surface area contributed by atoms with Gasteiger partial charge in [-0.25, -0.2) is 0 Å². The van der Waals surface area contributed by atoms with Crippen LogP contribution in [0.5, 0.6) is 0 Å². The standard InChI is InChI=1S/4C28H23N.16C2H6/c1-2-20-9-7-12-26-25-11-5-6-13-27(25)29(28(20)26)18-19-14-15-24-22(16-19)17-21-8-3-4-10-23(21)24;1-2-20-9-7-13-27-28(20)25-11-5-6-12-26(25)29(27)18-19-14-15-24-22(16-19)17-21-8-3-4-10-23(21)24;1-2-19-11-14-26-25-9-5-6-10-27(25)29(28(26)16-19)18-20-12-13-24-22(15-20)17-21-7-3-4-8-23(21)24;1-2-19-12-14-28-26(16-19)25-9-5-6-10-27(25)29(28)18-20-11-13-24-22(15-20)17-21-7-3-4-8-23(21)24;16*1-2/h4*3-16H,2,17-18H2,1H3;16*1-2H3. The zero-order valence-corrected chi connectivity index (χ0v) is 98.6. The maximum atomic E-state index is 2.52. The van der Waals surface area contributed by atoms with Crippen molar-refractivity contribution in [2.75, 3.05) is 0 Å². The van der Waals surface area contributed by atoms with E-state index >= 15 is 0 Å². The normalized spacial score (nSPS) is 10.4. The van der Waals surface area contributed by atoms with Crippen LogP contribution in [0.4, 0.5) is 0 Å². The van der Waals surface area contributed by atoms with E-state index in [0.29, 0.717) is 0 Å². The molecule has 0 saturated heterocycles. The lowest BCUT2D eigenvalue weighted by atomic mass is 10.0. The summed E-state index contributed by atoms with van der Waals surface area (Å²) in [4.78, 5) is 0. The van der Waals surface area contributed by atoms with Crippen LogP contribution in [0.3, 0.4) is 0 Å². The second-order valence-electron chi connectivity index (χ2n) is 32.5. The van der Waals surface area contributed by atoms with Crippen LogP contribution < -0.4 is 0 Å². The molecule has 0 bridgehead atoms. The molecule has 4 heterocycles. The quantitative estimate of drug-likeness (QED) is 0.116. The second-order valence-corrected chi connectivity index (χ2v) is 32.5. The maximum Gasteiger partial charge on any atom is 0.0526 e. The molecule has 0 radical (unpaired) electrons. The fourth-order valence-corrected chi connectivity index (χ4v) is 20.2. The molecular formula is C144H188N4. The third kappa shape index (κ3) is 28.4. The van der Waals surface area contributed by atoms with Crippen LogP contribution in [0.25, 0.3) is 132 Å². The number of rotatable bonds is 12. The summed E-state index contributed by atoms with van der Waals surface area (Å²) < 4.78 is 9.99. The number of hydrogen-bond donors (Lipinski definition) is 0. The van der Waals surface area contributed by atoms with Gasteiger partial charge in [0.15, 0.2) is 0 Å². The lowest BCUT2D eigenvalue weighted by Crippen LogP contribution is -2.02. The van der Waals surface area contributed by atoms with E-state index in [4.69, 9.17) is 0 Å². The minimum absolute atomic E-state index is 0.902. The van der Waals surface area contributed by atoms with Crippen LogP contribution in [0.1, 0.15) is 338 Å². The lowest BCUT2D eigenvalue weighted by molar-refractivity contribution is 0.861. The molecular weight excluding hydrogens is 1790 g/mol. The zero-order valence-electron chi connectivity index (χ0n) is 98.6. The third-order valence-electron chi connectivity index (χ3n) is 25.8. The van der Waals surface area contributed by atoms with Gasteiger partial charge in [0.2, 0.25) is 0 Å². The molecule has 0 unspecified atom stereocenters. The van der Waals surface area contributed by atoms with E-state index in [-0.39, 0.29) is 0 Å². The summed E-state index contributed by atoms with van der Waals surface area (Å²) in [6.07, 6.45) is 8.43. The summed E-state index contributed by atoms with van der Waals surface area (Å²) >= 11 is 0. The number of hydrogen-bond acceptors (Lipinski definition) is 0. The minimum atomic E-state index is 0.902. The molecule has 4 aliphatic carbocycles. The Morgan fingerprint density at radius 1 is 0.155 bits per heavy atom. The van der Waals surface area contributed by atoms with Crippen molar-refractivity contribution in [3.63, 3.8) is 0 Å². The average Bonchev–Trinajstić information content (AvgIpc) is 1.60. The average molecular weight is 1980 g/mol. The highest BCUT2D eigenvalue weighted by Crippen LogP contribution is 2.44. The Balaban J connectivity index is 0.000000317. The van der Waals surface area contributed by atoms with Crippen LogP contribution in [0.2, 0.25) is 0 Å². The van der Waals surface area contributed by atoms with Crippen molar-refractivity contribution in [3.8, 4) is 44.5 Å². The molecule has 784 valence electrons. The fourth-order valence-electron chi connectivity index (χ4n) is 20.2.